The van der Waals surface area contributed by atoms with Crippen molar-refractivity contribution in [3.05, 3.63) is 29.8 Å². The molecule has 1 aromatic carbocycles. The van der Waals surface area contributed by atoms with Gasteiger partial charge < -0.3 is 15.4 Å². The van der Waals surface area contributed by atoms with Crippen LogP contribution < -0.4 is 10.6 Å². The quantitative estimate of drug-likeness (QED) is 0.565. The monoisotopic (exact) mass is 426 g/mol. The molecule has 0 radical (unpaired) electrons. The summed E-state index contributed by atoms with van der Waals surface area (Å²) in [5.41, 5.74) is 0.791. The maximum atomic E-state index is 12.6. The summed E-state index contributed by atoms with van der Waals surface area (Å²) in [5.74, 6) is -0.345. The molecule has 1 saturated heterocycles. The van der Waals surface area contributed by atoms with Crippen LogP contribution in [0.1, 0.15) is 19.4 Å². The van der Waals surface area contributed by atoms with Crippen LogP contribution in [0.25, 0.3) is 0 Å². The first kappa shape index (κ1) is 23.3. The van der Waals surface area contributed by atoms with Crippen LogP contribution in [0.2, 0.25) is 0 Å². The van der Waals surface area contributed by atoms with E-state index in [0.29, 0.717) is 26.3 Å². The summed E-state index contributed by atoms with van der Waals surface area (Å²) in [6, 6.07) is 6.53. The molecule has 1 aliphatic heterocycles. The van der Waals surface area contributed by atoms with Gasteiger partial charge in [0.2, 0.25) is 21.8 Å². The van der Waals surface area contributed by atoms with Crippen LogP contribution in [-0.4, -0.2) is 81.9 Å². The number of likely N-dealkylation sites (N-methyl/N-ethyl adjacent to an activating group) is 1. The molecule has 0 atom stereocenters. The van der Waals surface area contributed by atoms with Gasteiger partial charge in [0.05, 0.1) is 31.2 Å². The summed E-state index contributed by atoms with van der Waals surface area (Å²) >= 11 is 0. The summed E-state index contributed by atoms with van der Waals surface area (Å²) in [5, 5.41) is 5.55. The number of nitrogens with zero attached hydrogens (tertiary/aromatic N) is 2. The molecule has 0 aliphatic carbocycles. The lowest BCUT2D eigenvalue weighted by Gasteiger charge is -2.26. The highest BCUT2D eigenvalue weighted by atomic mass is 32.2. The molecule has 2 amide bonds. The van der Waals surface area contributed by atoms with E-state index in [4.69, 9.17) is 4.74 Å². The number of nitrogens with one attached hydrogen (secondary N) is 2. The van der Waals surface area contributed by atoms with Crippen molar-refractivity contribution in [2.45, 2.75) is 31.3 Å². The molecule has 0 spiro atoms. The number of hydrogen-bond donors (Lipinski definition) is 2. The molecule has 10 heteroatoms. The summed E-state index contributed by atoms with van der Waals surface area (Å²) in [6.07, 6.45) is 0. The molecular weight excluding hydrogens is 396 g/mol. The first-order valence-corrected chi connectivity index (χ1v) is 11.0. The summed E-state index contributed by atoms with van der Waals surface area (Å²) < 4.78 is 31.8. The highest BCUT2D eigenvalue weighted by Gasteiger charge is 2.26. The van der Waals surface area contributed by atoms with E-state index >= 15 is 0 Å². The lowest BCUT2D eigenvalue weighted by atomic mass is 10.2. The van der Waals surface area contributed by atoms with Crippen LogP contribution in [0.5, 0.6) is 0 Å². The van der Waals surface area contributed by atoms with E-state index in [1.165, 1.54) is 4.31 Å². The van der Waals surface area contributed by atoms with Gasteiger partial charge in [0.1, 0.15) is 0 Å². The van der Waals surface area contributed by atoms with Crippen LogP contribution in [0.15, 0.2) is 29.2 Å². The molecule has 162 valence electrons. The van der Waals surface area contributed by atoms with Crippen molar-refractivity contribution in [1.29, 1.82) is 0 Å². The molecule has 0 unspecified atom stereocenters. The number of ether oxygens (including phenoxy) is 1. The molecule has 1 heterocycles. The number of benzene rings is 1. The molecule has 2 rings (SSSR count). The maximum Gasteiger partial charge on any atom is 0.243 e. The molecule has 9 nitrogen and oxygen atoms in total. The second-order valence-corrected chi connectivity index (χ2v) is 9.27. The standard InChI is InChI=1S/C19H30N4O5S/c1-15(2)21-19(25)14-22(3)13-18(24)20-12-16-4-6-17(7-5-16)29(26,27)23-8-10-28-11-9-23/h4-7,15H,8-14H2,1-3H3,(H,20,24)(H,21,25). The first-order valence-electron chi connectivity index (χ1n) is 9.60. The van der Waals surface area contributed by atoms with Gasteiger partial charge in [0.25, 0.3) is 0 Å². The number of hydrogen-bond acceptors (Lipinski definition) is 6. The van der Waals surface area contributed by atoms with Gasteiger partial charge >= 0.3 is 0 Å². The van der Waals surface area contributed by atoms with Gasteiger partial charge in [0.15, 0.2) is 0 Å². The van der Waals surface area contributed by atoms with E-state index in [9.17, 15) is 18.0 Å². The molecule has 2 N–H and O–H groups in total. The smallest absolute Gasteiger partial charge is 0.243 e. The zero-order valence-corrected chi connectivity index (χ0v) is 18.0. The van der Waals surface area contributed by atoms with Gasteiger partial charge in [-0.25, -0.2) is 8.42 Å². The second kappa shape index (κ2) is 10.7. The van der Waals surface area contributed by atoms with Crippen LogP contribution in [0.4, 0.5) is 0 Å². The normalized spacial score (nSPS) is 15.5. The van der Waals surface area contributed by atoms with Crippen LogP contribution >= 0.6 is 0 Å². The lowest BCUT2D eigenvalue weighted by Crippen LogP contribution is -2.42. The summed E-state index contributed by atoms with van der Waals surface area (Å²) in [4.78, 5) is 25.6. The zero-order chi connectivity index (χ0) is 21.4. The van der Waals surface area contributed by atoms with E-state index in [2.05, 4.69) is 10.6 Å². The number of amides is 2. The fraction of sp³-hybridized carbons (Fsp3) is 0.579. The third-order valence-electron chi connectivity index (χ3n) is 4.30. The van der Waals surface area contributed by atoms with Crippen molar-refractivity contribution in [2.24, 2.45) is 0 Å². The minimum Gasteiger partial charge on any atom is -0.379 e. The Labute approximate surface area is 172 Å². The SMILES string of the molecule is CC(C)NC(=O)CN(C)CC(=O)NCc1ccc(S(=O)(=O)N2CCOCC2)cc1. The molecule has 29 heavy (non-hydrogen) atoms. The third kappa shape index (κ3) is 7.39. The van der Waals surface area contributed by atoms with Crippen molar-refractivity contribution < 1.29 is 22.7 Å². The Morgan fingerprint density at radius 1 is 1.10 bits per heavy atom. The average Bonchev–Trinajstić information content (AvgIpc) is 2.66. The number of carbonyl (C=O) groups excluding carboxylic acids is 2. The average molecular weight is 427 g/mol. The summed E-state index contributed by atoms with van der Waals surface area (Å²) in [6.45, 7) is 5.77. The Balaban J connectivity index is 1.82. The molecule has 0 saturated carbocycles. The van der Waals surface area contributed by atoms with Crippen molar-refractivity contribution in [3.8, 4) is 0 Å². The van der Waals surface area contributed by atoms with Crippen molar-refractivity contribution in [3.63, 3.8) is 0 Å². The van der Waals surface area contributed by atoms with Crippen LogP contribution in [0, 0.1) is 0 Å². The molecule has 0 bridgehead atoms. The number of morpholine rings is 1. The second-order valence-electron chi connectivity index (χ2n) is 7.33. The van der Waals surface area contributed by atoms with Crippen LogP contribution in [0.3, 0.4) is 0 Å². The van der Waals surface area contributed by atoms with Gasteiger partial charge in [-0.2, -0.15) is 4.31 Å². The van der Waals surface area contributed by atoms with E-state index in [0.717, 1.165) is 5.56 Å². The van der Waals surface area contributed by atoms with E-state index in [-0.39, 0.29) is 42.4 Å². The van der Waals surface area contributed by atoms with Gasteiger partial charge in [-0.1, -0.05) is 12.1 Å². The molecule has 1 aromatic rings. The van der Waals surface area contributed by atoms with Gasteiger partial charge in [-0.05, 0) is 38.6 Å². The summed E-state index contributed by atoms with van der Waals surface area (Å²) in [7, 11) is -1.83. The van der Waals surface area contributed by atoms with Crippen LogP contribution in [-0.2, 0) is 30.9 Å². The van der Waals surface area contributed by atoms with Gasteiger partial charge in [-0.3, -0.25) is 14.5 Å². The maximum absolute atomic E-state index is 12.6. The van der Waals surface area contributed by atoms with Gasteiger partial charge in [-0.15, -0.1) is 0 Å². The zero-order valence-electron chi connectivity index (χ0n) is 17.2. The predicted molar refractivity (Wildman–Crippen MR) is 109 cm³/mol. The van der Waals surface area contributed by atoms with E-state index in [1.54, 1.807) is 36.2 Å². The fourth-order valence-electron chi connectivity index (χ4n) is 2.89. The molecular formula is C19H30N4O5S. The van der Waals surface area contributed by atoms with Crippen molar-refractivity contribution in [2.75, 3.05) is 46.4 Å². The topological polar surface area (TPSA) is 108 Å². The minimum absolute atomic E-state index is 0.0553. The highest BCUT2D eigenvalue weighted by molar-refractivity contribution is 7.89. The Kier molecular flexibility index (Phi) is 8.57. The first-order chi connectivity index (χ1) is 13.7. The van der Waals surface area contributed by atoms with Gasteiger partial charge in [0, 0.05) is 25.7 Å². The third-order valence-corrected chi connectivity index (χ3v) is 6.21. The molecule has 0 aromatic heterocycles. The highest BCUT2D eigenvalue weighted by Crippen LogP contribution is 2.17. The Morgan fingerprint density at radius 2 is 1.69 bits per heavy atom. The largest absolute Gasteiger partial charge is 0.379 e. The number of carbonyl (C=O) groups is 2. The van der Waals surface area contributed by atoms with Crippen molar-refractivity contribution in [1.82, 2.24) is 19.8 Å². The Hall–Kier alpha value is -2.01. The van der Waals surface area contributed by atoms with Crippen molar-refractivity contribution >= 4 is 21.8 Å². The Morgan fingerprint density at radius 3 is 2.28 bits per heavy atom. The fourth-order valence-corrected chi connectivity index (χ4v) is 4.29. The minimum atomic E-state index is -3.52. The lowest BCUT2D eigenvalue weighted by molar-refractivity contribution is -0.124. The van der Waals surface area contributed by atoms with E-state index in [1.807, 2.05) is 13.8 Å². The van der Waals surface area contributed by atoms with E-state index < -0.39 is 10.0 Å². The molecule has 1 fully saturated rings. The Bertz CT molecular complexity index is 789. The predicted octanol–water partition coefficient (Wildman–Crippen LogP) is -0.220. The number of sulfonamides is 1. The molecule has 1 aliphatic rings. The number of rotatable bonds is 9.